The maximum absolute atomic E-state index is 13.1. The number of halogens is 1. The third-order valence-electron chi connectivity index (χ3n) is 4.24. The molecule has 7 heteroatoms. The van der Waals surface area contributed by atoms with Crippen LogP contribution >= 0.6 is 12.2 Å². The van der Waals surface area contributed by atoms with Gasteiger partial charge < -0.3 is 5.11 Å². The van der Waals surface area contributed by atoms with Crippen LogP contribution in [-0.4, -0.2) is 26.2 Å². The molecule has 0 aliphatic carbocycles. The van der Waals surface area contributed by atoms with E-state index in [4.69, 9.17) is 12.2 Å². The van der Waals surface area contributed by atoms with Crippen molar-refractivity contribution in [3.8, 4) is 5.75 Å². The fourth-order valence-corrected chi connectivity index (χ4v) is 3.08. The molecular formula is C20H15FN4OS. The van der Waals surface area contributed by atoms with E-state index in [0.29, 0.717) is 22.6 Å². The van der Waals surface area contributed by atoms with Gasteiger partial charge in [0.2, 0.25) is 4.77 Å². The number of hydrogen-bond acceptors (Lipinski definition) is 4. The van der Waals surface area contributed by atoms with E-state index in [1.54, 1.807) is 24.4 Å². The van der Waals surface area contributed by atoms with E-state index >= 15 is 0 Å². The van der Waals surface area contributed by atoms with Crippen molar-refractivity contribution in [2.75, 3.05) is 0 Å². The molecule has 1 aromatic heterocycles. The zero-order valence-electron chi connectivity index (χ0n) is 14.1. The lowest BCUT2D eigenvalue weighted by molar-refractivity contribution is 0.475. The van der Waals surface area contributed by atoms with Gasteiger partial charge in [0.1, 0.15) is 11.6 Å². The van der Waals surface area contributed by atoms with E-state index < -0.39 is 0 Å². The Morgan fingerprint density at radius 3 is 2.70 bits per heavy atom. The summed E-state index contributed by atoms with van der Waals surface area (Å²) in [6.07, 6.45) is 2.00. The second-order valence-corrected chi connectivity index (χ2v) is 6.41. The Kier molecular flexibility index (Phi) is 4.52. The zero-order chi connectivity index (χ0) is 18.8. The minimum absolute atomic E-state index is 0.132. The summed E-state index contributed by atoms with van der Waals surface area (Å²) in [5.74, 6) is 0.428. The van der Waals surface area contributed by atoms with Crippen molar-refractivity contribution in [2.45, 2.75) is 6.42 Å². The number of nitrogens with zero attached hydrogens (tertiary/aromatic N) is 3. The van der Waals surface area contributed by atoms with Gasteiger partial charge >= 0.3 is 0 Å². The molecule has 2 N–H and O–H groups in total. The molecule has 0 fully saturated rings. The average Bonchev–Trinajstić information content (AvgIpc) is 3.02. The van der Waals surface area contributed by atoms with Gasteiger partial charge in [-0.15, -0.1) is 0 Å². The molecule has 0 radical (unpaired) electrons. The maximum Gasteiger partial charge on any atom is 0.216 e. The van der Waals surface area contributed by atoms with Crippen LogP contribution in [0.2, 0.25) is 0 Å². The predicted molar refractivity (Wildman–Crippen MR) is 105 cm³/mol. The van der Waals surface area contributed by atoms with Crippen LogP contribution in [0.15, 0.2) is 65.8 Å². The summed E-state index contributed by atoms with van der Waals surface area (Å²) in [5.41, 5.74) is 1.48. The lowest BCUT2D eigenvalue weighted by atomic mass is 10.0. The van der Waals surface area contributed by atoms with Crippen molar-refractivity contribution in [1.29, 1.82) is 0 Å². The molecule has 0 saturated heterocycles. The minimum atomic E-state index is -0.290. The molecule has 3 aromatic carbocycles. The van der Waals surface area contributed by atoms with Gasteiger partial charge in [0, 0.05) is 12.0 Å². The van der Waals surface area contributed by atoms with Crippen LogP contribution in [0.4, 0.5) is 4.39 Å². The Morgan fingerprint density at radius 2 is 1.89 bits per heavy atom. The first kappa shape index (κ1) is 17.1. The van der Waals surface area contributed by atoms with E-state index in [1.807, 2.05) is 30.3 Å². The van der Waals surface area contributed by atoms with Crippen molar-refractivity contribution in [1.82, 2.24) is 14.9 Å². The van der Waals surface area contributed by atoms with Crippen LogP contribution in [0.5, 0.6) is 5.75 Å². The zero-order valence-corrected chi connectivity index (χ0v) is 14.9. The molecule has 4 rings (SSSR count). The van der Waals surface area contributed by atoms with Crippen molar-refractivity contribution in [3.63, 3.8) is 0 Å². The monoisotopic (exact) mass is 378 g/mol. The number of rotatable bonds is 4. The van der Waals surface area contributed by atoms with E-state index in [-0.39, 0.29) is 11.6 Å². The number of fused-ring (bicyclic) bond motifs is 1. The Balaban J connectivity index is 1.71. The first-order chi connectivity index (χ1) is 13.1. The number of hydrogen-bond donors (Lipinski definition) is 2. The summed E-state index contributed by atoms with van der Waals surface area (Å²) in [4.78, 5) is 0. The second kappa shape index (κ2) is 7.13. The van der Waals surface area contributed by atoms with Crippen LogP contribution in [0.1, 0.15) is 17.0 Å². The number of benzene rings is 3. The van der Waals surface area contributed by atoms with Crippen molar-refractivity contribution in [2.24, 2.45) is 5.10 Å². The van der Waals surface area contributed by atoms with Crippen LogP contribution < -0.4 is 0 Å². The summed E-state index contributed by atoms with van der Waals surface area (Å²) in [7, 11) is 0. The lowest BCUT2D eigenvalue weighted by Gasteiger charge is -2.05. The predicted octanol–water partition coefficient (Wildman–Crippen LogP) is 4.41. The third kappa shape index (κ3) is 3.50. The topological polar surface area (TPSA) is 66.2 Å². The second-order valence-electron chi connectivity index (χ2n) is 6.02. The van der Waals surface area contributed by atoms with Crippen LogP contribution in [-0.2, 0) is 6.42 Å². The fraction of sp³-hybridized carbons (Fsp3) is 0.0500. The van der Waals surface area contributed by atoms with Crippen molar-refractivity contribution < 1.29 is 9.50 Å². The standard InChI is InChI=1S/C20H15FN4OS/c21-15-8-5-13(6-9-15)11-19-23-24-20(27)25(19)22-12-17-16-4-2-1-3-14(16)7-10-18(17)26/h1-10,12,26H,11H2,(H,24,27)/b22-12+. The van der Waals surface area contributed by atoms with E-state index in [9.17, 15) is 9.50 Å². The normalized spacial score (nSPS) is 11.4. The summed E-state index contributed by atoms with van der Waals surface area (Å²) in [6.45, 7) is 0. The number of aromatic hydroxyl groups is 1. The molecule has 0 bridgehead atoms. The largest absolute Gasteiger partial charge is 0.507 e. The lowest BCUT2D eigenvalue weighted by Crippen LogP contribution is -2.01. The first-order valence-corrected chi connectivity index (χ1v) is 8.68. The van der Waals surface area contributed by atoms with Gasteiger partial charge in [-0.1, -0.05) is 42.5 Å². The smallest absolute Gasteiger partial charge is 0.216 e. The summed E-state index contributed by atoms with van der Waals surface area (Å²) in [6, 6.07) is 17.4. The molecule has 134 valence electrons. The maximum atomic E-state index is 13.1. The number of aromatic amines is 1. The fourth-order valence-electron chi connectivity index (χ4n) is 2.88. The van der Waals surface area contributed by atoms with Crippen LogP contribution in [0.25, 0.3) is 10.8 Å². The third-order valence-corrected chi connectivity index (χ3v) is 4.51. The van der Waals surface area contributed by atoms with Crippen LogP contribution in [0, 0.1) is 10.6 Å². The van der Waals surface area contributed by atoms with Gasteiger partial charge in [-0.25, -0.2) is 4.39 Å². The molecule has 0 amide bonds. The molecule has 0 unspecified atom stereocenters. The highest BCUT2D eigenvalue weighted by atomic mass is 32.1. The molecule has 4 aromatic rings. The summed E-state index contributed by atoms with van der Waals surface area (Å²) < 4.78 is 14.9. The van der Waals surface area contributed by atoms with E-state index in [0.717, 1.165) is 16.3 Å². The van der Waals surface area contributed by atoms with E-state index in [2.05, 4.69) is 15.3 Å². The van der Waals surface area contributed by atoms with Gasteiger partial charge in [0.25, 0.3) is 0 Å². The number of nitrogens with one attached hydrogen (secondary N) is 1. The van der Waals surface area contributed by atoms with Gasteiger partial charge in [-0.2, -0.15) is 14.9 Å². The SMILES string of the molecule is Oc1ccc2ccccc2c1/C=N/n1c(Cc2ccc(F)cc2)n[nH]c1=S. The Labute approximate surface area is 159 Å². The molecule has 0 spiro atoms. The highest BCUT2D eigenvalue weighted by molar-refractivity contribution is 7.71. The number of phenols is 1. The number of H-pyrrole nitrogens is 1. The van der Waals surface area contributed by atoms with E-state index in [1.165, 1.54) is 16.8 Å². The molecule has 0 aliphatic rings. The highest BCUT2D eigenvalue weighted by Crippen LogP contribution is 2.25. The molecular weight excluding hydrogens is 363 g/mol. The Bertz CT molecular complexity index is 1190. The Hall–Kier alpha value is -3.32. The molecule has 5 nitrogen and oxygen atoms in total. The molecule has 0 aliphatic heterocycles. The minimum Gasteiger partial charge on any atom is -0.507 e. The molecule has 27 heavy (non-hydrogen) atoms. The summed E-state index contributed by atoms with van der Waals surface area (Å²) >= 11 is 5.26. The molecule has 1 heterocycles. The Morgan fingerprint density at radius 1 is 1.11 bits per heavy atom. The van der Waals surface area contributed by atoms with Crippen LogP contribution in [0.3, 0.4) is 0 Å². The number of aromatic nitrogens is 3. The quantitative estimate of drug-likeness (QED) is 0.408. The van der Waals surface area contributed by atoms with Gasteiger partial charge in [-0.3, -0.25) is 5.10 Å². The highest BCUT2D eigenvalue weighted by Gasteiger charge is 2.08. The first-order valence-electron chi connectivity index (χ1n) is 8.27. The molecule has 0 saturated carbocycles. The van der Waals surface area contributed by atoms with Gasteiger partial charge in [-0.05, 0) is 46.8 Å². The summed E-state index contributed by atoms with van der Waals surface area (Å²) in [5, 5.41) is 23.5. The molecule has 0 atom stereocenters. The van der Waals surface area contributed by atoms with Gasteiger partial charge in [0.15, 0.2) is 5.82 Å². The van der Waals surface area contributed by atoms with Crippen molar-refractivity contribution in [3.05, 3.63) is 88.2 Å². The number of phenolic OH excluding ortho intramolecular Hbond substituents is 1. The average molecular weight is 378 g/mol. The van der Waals surface area contributed by atoms with Gasteiger partial charge in [0.05, 0.1) is 6.21 Å². The van der Waals surface area contributed by atoms with Crippen molar-refractivity contribution >= 4 is 29.2 Å².